The van der Waals surface area contributed by atoms with Crippen molar-refractivity contribution in [3.63, 3.8) is 0 Å². The van der Waals surface area contributed by atoms with E-state index in [1.54, 1.807) is 31.5 Å². The summed E-state index contributed by atoms with van der Waals surface area (Å²) in [5.41, 5.74) is 1.94. The van der Waals surface area contributed by atoms with Crippen LogP contribution in [-0.2, 0) is 21.2 Å². The van der Waals surface area contributed by atoms with E-state index in [0.717, 1.165) is 23.4 Å². The quantitative estimate of drug-likeness (QED) is 0.538. The Labute approximate surface area is 191 Å². The number of nitrogens with zero attached hydrogens (tertiary/aromatic N) is 3. The molecule has 8 nitrogen and oxygen atoms in total. The van der Waals surface area contributed by atoms with Gasteiger partial charge in [-0.3, -0.25) is 9.78 Å². The third-order valence-corrected chi connectivity index (χ3v) is 7.87. The Morgan fingerprint density at radius 1 is 1.25 bits per heavy atom. The van der Waals surface area contributed by atoms with E-state index in [-0.39, 0.29) is 23.0 Å². The maximum Gasteiger partial charge on any atom is 0.246 e. The monoisotopic (exact) mass is 472 g/mol. The highest BCUT2D eigenvalue weighted by atomic mass is 32.2. The Morgan fingerprint density at radius 3 is 2.78 bits per heavy atom. The van der Waals surface area contributed by atoms with Gasteiger partial charge in [-0.15, -0.1) is 11.3 Å². The lowest BCUT2D eigenvalue weighted by Gasteiger charge is -2.19. The van der Waals surface area contributed by atoms with Crippen LogP contribution in [0.15, 0.2) is 53.0 Å². The van der Waals surface area contributed by atoms with Crippen LogP contribution in [0.1, 0.15) is 25.5 Å². The van der Waals surface area contributed by atoms with Crippen molar-refractivity contribution in [2.75, 3.05) is 25.0 Å². The fourth-order valence-electron chi connectivity index (χ4n) is 3.51. The highest BCUT2D eigenvalue weighted by molar-refractivity contribution is 7.89. The van der Waals surface area contributed by atoms with E-state index >= 15 is 0 Å². The van der Waals surface area contributed by atoms with Crippen LogP contribution in [-0.4, -0.2) is 48.3 Å². The summed E-state index contributed by atoms with van der Waals surface area (Å²) in [6, 6.07) is 8.46. The van der Waals surface area contributed by atoms with Crippen molar-refractivity contribution in [2.45, 2.75) is 31.1 Å². The van der Waals surface area contributed by atoms with Crippen molar-refractivity contribution >= 4 is 33.0 Å². The van der Waals surface area contributed by atoms with Gasteiger partial charge in [0.05, 0.1) is 18.7 Å². The third kappa shape index (κ3) is 4.98. The largest absolute Gasteiger partial charge is 0.492 e. The summed E-state index contributed by atoms with van der Waals surface area (Å²) in [7, 11) is -3.70. The number of thiazole rings is 1. The summed E-state index contributed by atoms with van der Waals surface area (Å²) >= 11 is 1.45. The number of amides is 1. The summed E-state index contributed by atoms with van der Waals surface area (Å²) in [5.74, 6) is 0.0136. The summed E-state index contributed by atoms with van der Waals surface area (Å²) in [4.78, 5) is 21.3. The van der Waals surface area contributed by atoms with Gasteiger partial charge in [0.1, 0.15) is 15.7 Å². The first-order valence-corrected chi connectivity index (χ1v) is 12.7. The van der Waals surface area contributed by atoms with Gasteiger partial charge in [0.15, 0.2) is 0 Å². The van der Waals surface area contributed by atoms with Crippen molar-refractivity contribution < 1.29 is 17.9 Å². The van der Waals surface area contributed by atoms with Crippen LogP contribution in [0.25, 0.3) is 10.6 Å². The number of sulfonamides is 1. The van der Waals surface area contributed by atoms with Crippen molar-refractivity contribution in [1.29, 1.82) is 0 Å². The van der Waals surface area contributed by atoms with Crippen molar-refractivity contribution in [3.05, 3.63) is 53.8 Å². The van der Waals surface area contributed by atoms with Crippen LogP contribution >= 0.6 is 11.3 Å². The van der Waals surface area contributed by atoms with Crippen molar-refractivity contribution in [2.24, 2.45) is 0 Å². The number of carbonyl (C=O) groups is 1. The molecule has 0 atom stereocenters. The second kappa shape index (κ2) is 9.76. The molecular formula is C22H24N4O4S2. The molecule has 168 valence electrons. The number of anilines is 1. The summed E-state index contributed by atoms with van der Waals surface area (Å²) < 4.78 is 33.2. The van der Waals surface area contributed by atoms with Crippen molar-refractivity contribution in [1.82, 2.24) is 14.3 Å². The molecule has 1 amide bonds. The van der Waals surface area contributed by atoms with E-state index in [1.807, 2.05) is 17.5 Å². The SMILES string of the molecule is CCOc1ccc(NC(=O)Cc2csc(-c3cccnc3)n2)cc1S(=O)(=O)N1CCCC1. The molecule has 3 heterocycles. The zero-order valence-electron chi connectivity index (χ0n) is 17.7. The lowest BCUT2D eigenvalue weighted by atomic mass is 10.2. The molecule has 0 unspecified atom stereocenters. The molecule has 1 fully saturated rings. The molecule has 1 aliphatic heterocycles. The number of aromatic nitrogens is 2. The number of hydrogen-bond acceptors (Lipinski definition) is 7. The first kappa shape index (κ1) is 22.4. The van der Waals surface area contributed by atoms with Crippen LogP contribution in [0.3, 0.4) is 0 Å². The molecule has 0 saturated carbocycles. The molecule has 1 aliphatic rings. The zero-order chi connectivity index (χ0) is 22.6. The van der Waals surface area contributed by atoms with Gasteiger partial charge in [-0.05, 0) is 50.1 Å². The van der Waals surface area contributed by atoms with E-state index < -0.39 is 10.0 Å². The zero-order valence-corrected chi connectivity index (χ0v) is 19.3. The highest BCUT2D eigenvalue weighted by Gasteiger charge is 2.30. The Kier molecular flexibility index (Phi) is 6.83. The molecule has 2 aromatic heterocycles. The topological polar surface area (TPSA) is 101 Å². The molecule has 3 aromatic rings. The van der Waals surface area contributed by atoms with Gasteiger partial charge in [-0.2, -0.15) is 4.31 Å². The fourth-order valence-corrected chi connectivity index (χ4v) is 5.99. The predicted octanol–water partition coefficient (Wildman–Crippen LogP) is 3.57. The fraction of sp³-hybridized carbons (Fsp3) is 0.318. The van der Waals surface area contributed by atoms with Gasteiger partial charge in [0.25, 0.3) is 0 Å². The Hall–Kier alpha value is -2.82. The highest BCUT2D eigenvalue weighted by Crippen LogP contribution is 2.32. The molecule has 32 heavy (non-hydrogen) atoms. The molecular weight excluding hydrogens is 448 g/mol. The van der Waals surface area contributed by atoms with Gasteiger partial charge in [0.2, 0.25) is 15.9 Å². The molecule has 4 rings (SSSR count). The Morgan fingerprint density at radius 2 is 2.06 bits per heavy atom. The van der Waals surface area contributed by atoms with E-state index in [9.17, 15) is 13.2 Å². The molecule has 0 spiro atoms. The first-order valence-electron chi connectivity index (χ1n) is 10.4. The number of ether oxygens (including phenoxy) is 1. The van der Waals surface area contributed by atoms with Crippen LogP contribution in [0.2, 0.25) is 0 Å². The van der Waals surface area contributed by atoms with Crippen LogP contribution in [0, 0.1) is 0 Å². The number of rotatable bonds is 8. The summed E-state index contributed by atoms with van der Waals surface area (Å²) in [6.07, 6.45) is 5.19. The van der Waals surface area contributed by atoms with Gasteiger partial charge >= 0.3 is 0 Å². The maximum atomic E-state index is 13.1. The first-order chi connectivity index (χ1) is 15.5. The van der Waals surface area contributed by atoms with Crippen LogP contribution in [0.5, 0.6) is 5.75 Å². The normalized spacial score (nSPS) is 14.4. The number of nitrogens with one attached hydrogen (secondary N) is 1. The number of carbonyl (C=O) groups excluding carboxylic acids is 1. The summed E-state index contributed by atoms with van der Waals surface area (Å²) in [6.45, 7) is 3.13. The second-order valence-corrected chi connectivity index (χ2v) is 10.1. The van der Waals surface area contributed by atoms with Gasteiger partial charge < -0.3 is 10.1 Å². The average molecular weight is 473 g/mol. The molecule has 0 radical (unpaired) electrons. The van der Waals surface area contributed by atoms with E-state index in [0.29, 0.717) is 31.1 Å². The summed E-state index contributed by atoms with van der Waals surface area (Å²) in [5, 5.41) is 5.42. The van der Waals surface area contributed by atoms with Gasteiger partial charge in [0, 0.05) is 42.1 Å². The maximum absolute atomic E-state index is 13.1. The van der Waals surface area contributed by atoms with Crippen molar-refractivity contribution in [3.8, 4) is 16.3 Å². The minimum absolute atomic E-state index is 0.0755. The van der Waals surface area contributed by atoms with Gasteiger partial charge in [-0.1, -0.05) is 0 Å². The minimum Gasteiger partial charge on any atom is -0.492 e. The molecule has 1 N–H and O–H groups in total. The molecule has 1 saturated heterocycles. The van der Waals surface area contributed by atoms with Gasteiger partial charge in [-0.25, -0.2) is 13.4 Å². The Bertz CT molecular complexity index is 1190. The second-order valence-electron chi connectivity index (χ2n) is 7.32. The third-order valence-electron chi connectivity index (χ3n) is 5.01. The molecule has 0 bridgehead atoms. The predicted molar refractivity (Wildman–Crippen MR) is 123 cm³/mol. The minimum atomic E-state index is -3.70. The standard InChI is InChI=1S/C22H24N4O4S2/c1-2-30-19-8-7-17(12-20(19)32(28,29)26-10-3-4-11-26)24-21(27)13-18-15-31-22(25-18)16-6-5-9-23-14-16/h5-9,12,14-15H,2-4,10-11,13H2,1H3,(H,24,27). The number of benzene rings is 1. The van der Waals surface area contributed by atoms with Crippen LogP contribution in [0.4, 0.5) is 5.69 Å². The van der Waals surface area contributed by atoms with E-state index in [2.05, 4.69) is 15.3 Å². The molecule has 10 heteroatoms. The van der Waals surface area contributed by atoms with E-state index in [4.69, 9.17) is 4.74 Å². The van der Waals surface area contributed by atoms with E-state index in [1.165, 1.54) is 21.7 Å². The number of hydrogen-bond donors (Lipinski definition) is 1. The lowest BCUT2D eigenvalue weighted by molar-refractivity contribution is -0.115. The average Bonchev–Trinajstić information content (AvgIpc) is 3.48. The molecule has 1 aromatic carbocycles. The smallest absolute Gasteiger partial charge is 0.246 e. The lowest BCUT2D eigenvalue weighted by Crippen LogP contribution is -2.28. The number of pyridine rings is 1. The molecule has 0 aliphatic carbocycles. The van der Waals surface area contributed by atoms with Crippen LogP contribution < -0.4 is 10.1 Å². The Balaban J connectivity index is 1.50.